The molecule has 4 amide bonds. The number of aryl methyl sites for hydroxylation is 4. The lowest BCUT2D eigenvalue weighted by atomic mass is 10.3. The van der Waals surface area contributed by atoms with Crippen molar-refractivity contribution in [2.24, 2.45) is 44.7 Å². The molecule has 47 heavy (non-hydrogen) atoms. The number of nitrogens with zero attached hydrogens (tertiary/aromatic N) is 5. The van der Waals surface area contributed by atoms with Gasteiger partial charge in [-0.15, -0.1) is 0 Å². The van der Waals surface area contributed by atoms with Gasteiger partial charge in [-0.25, -0.2) is 0 Å². The molecule has 0 aliphatic rings. The molecule has 0 spiro atoms. The van der Waals surface area contributed by atoms with Gasteiger partial charge in [0.25, 0.3) is 23.6 Å². The molecule has 0 aromatic carbocycles. The topological polar surface area (TPSA) is 213 Å². The van der Waals surface area contributed by atoms with Gasteiger partial charge < -0.3 is 56.3 Å². The lowest BCUT2D eigenvalue weighted by Gasteiger charge is -2.04. The summed E-state index contributed by atoms with van der Waals surface area (Å²) in [5.74, 6) is -1.48. The van der Waals surface area contributed by atoms with E-state index < -0.39 is 5.91 Å². The summed E-state index contributed by atoms with van der Waals surface area (Å²) in [7, 11) is 7.03. The molecular weight excluding hydrogens is 672 g/mol. The highest BCUT2D eigenvalue weighted by molar-refractivity contribution is 9.12. The number of hydrogen-bond donors (Lipinski definition) is 7. The first-order valence-electron chi connectivity index (χ1n) is 14.2. The summed E-state index contributed by atoms with van der Waals surface area (Å²) >= 11 is 3.03. The van der Waals surface area contributed by atoms with E-state index in [1.807, 2.05) is 17.7 Å². The predicted molar refractivity (Wildman–Crippen MR) is 185 cm³/mol. The molecule has 17 heteroatoms. The first-order valence-corrected chi connectivity index (χ1v) is 15.0. The van der Waals surface area contributed by atoms with E-state index in [4.69, 9.17) is 11.5 Å². The van der Waals surface area contributed by atoms with Crippen LogP contribution in [0.1, 0.15) is 37.2 Å². The van der Waals surface area contributed by atoms with Crippen molar-refractivity contribution in [3.05, 3.63) is 82.9 Å². The molecule has 248 valence electrons. The number of amides is 4. The van der Waals surface area contributed by atoms with E-state index in [9.17, 15) is 19.2 Å². The van der Waals surface area contributed by atoms with Crippen molar-refractivity contribution in [2.45, 2.75) is 6.54 Å². The summed E-state index contributed by atoms with van der Waals surface area (Å²) in [5.41, 5.74) is 14.8. The van der Waals surface area contributed by atoms with Gasteiger partial charge in [0.15, 0.2) is 5.96 Å². The second kappa shape index (κ2) is 14.6. The van der Waals surface area contributed by atoms with Gasteiger partial charge in [0, 0.05) is 65.2 Å². The molecule has 4 aromatic heterocycles. The lowest BCUT2D eigenvalue weighted by molar-refractivity contribution is -0.112. The summed E-state index contributed by atoms with van der Waals surface area (Å²) in [6, 6.07) is 6.71. The number of hydrogen-bond acceptors (Lipinski definition) is 6. The number of aromatic nitrogens is 4. The van der Waals surface area contributed by atoms with Gasteiger partial charge in [0.1, 0.15) is 17.1 Å². The molecule has 0 bridgehead atoms. The van der Waals surface area contributed by atoms with Crippen LogP contribution in [-0.2, 0) is 39.5 Å². The monoisotopic (exact) mass is 708 g/mol. The highest BCUT2D eigenvalue weighted by Crippen LogP contribution is 2.21. The highest BCUT2D eigenvalue weighted by Gasteiger charge is 2.18. The maximum Gasteiger partial charge on any atom is 0.272 e. The Bertz CT molecular complexity index is 1870. The van der Waals surface area contributed by atoms with Crippen molar-refractivity contribution in [3.63, 3.8) is 0 Å². The number of nitrogens with two attached hydrogens (primary N) is 2. The first kappa shape index (κ1) is 34.2. The van der Waals surface area contributed by atoms with E-state index in [0.29, 0.717) is 46.4 Å². The SMILES string of the molecule is C=C(Br)C(=O)Nc1cc(C(=O)Nc2cc(CNc3cc(C(=O)Nc4cc(C(=O)NCCN=C(N)N)n(C)c4)n(C)c3)n(C)c2)n(C)c1. The molecule has 0 saturated heterocycles. The zero-order chi connectivity index (χ0) is 34.4. The molecule has 0 unspecified atom stereocenters. The molecule has 0 saturated carbocycles. The molecule has 9 N–H and O–H groups in total. The van der Waals surface area contributed by atoms with Crippen molar-refractivity contribution < 1.29 is 19.2 Å². The Balaban J connectivity index is 1.34. The molecule has 4 rings (SSSR count). The summed E-state index contributed by atoms with van der Waals surface area (Å²) in [6.07, 6.45) is 6.86. The van der Waals surface area contributed by atoms with Crippen LogP contribution < -0.4 is 38.1 Å². The fourth-order valence-electron chi connectivity index (χ4n) is 4.69. The van der Waals surface area contributed by atoms with Gasteiger partial charge in [-0.3, -0.25) is 24.2 Å². The molecule has 0 fully saturated rings. The van der Waals surface area contributed by atoms with Crippen LogP contribution in [0.5, 0.6) is 0 Å². The van der Waals surface area contributed by atoms with Gasteiger partial charge in [-0.05, 0) is 40.2 Å². The Hall–Kier alpha value is -5.71. The van der Waals surface area contributed by atoms with Crippen molar-refractivity contribution >= 4 is 68.3 Å². The number of aliphatic imine (C=N–C) groups is 1. The summed E-state index contributed by atoms with van der Waals surface area (Å²) in [5, 5.41) is 14.4. The van der Waals surface area contributed by atoms with Gasteiger partial charge in [0.2, 0.25) is 0 Å². The smallest absolute Gasteiger partial charge is 0.272 e. The first-order chi connectivity index (χ1) is 22.2. The fraction of sp³-hybridized carbons (Fsp3) is 0.233. The van der Waals surface area contributed by atoms with Crippen molar-refractivity contribution in [3.8, 4) is 0 Å². The highest BCUT2D eigenvalue weighted by atomic mass is 79.9. The number of carbonyl (C=O) groups excluding carboxylic acids is 4. The quantitative estimate of drug-likeness (QED) is 0.0475. The van der Waals surface area contributed by atoms with Crippen molar-refractivity contribution in [2.75, 3.05) is 34.4 Å². The summed E-state index contributed by atoms with van der Waals surface area (Å²) in [6.45, 7) is 4.46. The molecule has 4 heterocycles. The Morgan fingerprint density at radius 3 is 1.74 bits per heavy atom. The Morgan fingerprint density at radius 2 is 1.19 bits per heavy atom. The third kappa shape index (κ3) is 8.72. The number of nitrogens with one attached hydrogen (secondary N) is 5. The van der Waals surface area contributed by atoms with Crippen molar-refractivity contribution in [1.29, 1.82) is 0 Å². The van der Waals surface area contributed by atoms with Gasteiger partial charge in [-0.1, -0.05) is 6.58 Å². The normalized spacial score (nSPS) is 10.7. The van der Waals surface area contributed by atoms with E-state index in [1.54, 1.807) is 77.8 Å². The van der Waals surface area contributed by atoms with E-state index in [-0.39, 0.29) is 41.3 Å². The van der Waals surface area contributed by atoms with Crippen LogP contribution in [0.3, 0.4) is 0 Å². The van der Waals surface area contributed by atoms with Crippen LogP contribution in [0.4, 0.5) is 22.7 Å². The van der Waals surface area contributed by atoms with E-state index >= 15 is 0 Å². The summed E-state index contributed by atoms with van der Waals surface area (Å²) in [4.78, 5) is 54.3. The van der Waals surface area contributed by atoms with E-state index in [0.717, 1.165) is 5.69 Å². The average molecular weight is 710 g/mol. The zero-order valence-corrected chi connectivity index (χ0v) is 27.9. The van der Waals surface area contributed by atoms with Crippen LogP contribution in [0, 0.1) is 0 Å². The third-order valence-electron chi connectivity index (χ3n) is 7.01. The second-order valence-electron chi connectivity index (χ2n) is 10.7. The lowest BCUT2D eigenvalue weighted by Crippen LogP contribution is -2.29. The predicted octanol–water partition coefficient (Wildman–Crippen LogP) is 2.01. The van der Waals surface area contributed by atoms with Crippen LogP contribution >= 0.6 is 15.9 Å². The molecule has 16 nitrogen and oxygen atoms in total. The average Bonchev–Trinajstić information content (AvgIpc) is 3.75. The maximum atomic E-state index is 13.1. The maximum absolute atomic E-state index is 13.1. The van der Waals surface area contributed by atoms with Crippen LogP contribution in [-0.4, -0.2) is 60.9 Å². The molecular formula is C30H37BrN12O4. The standard InChI is InChI=1S/C30H37BrN12O4/c1-17(31)26(44)37-20-11-25(43(5)15-20)29(47)38-19-8-22(40(2)14-19)12-36-18-9-24(41(3)13-18)28(46)39-21-10-23(42(4)16-21)27(45)34-6-7-35-30(32)33/h8-11,13-16,36H,1,6-7,12H2,2-5H3,(H,34,45)(H,37,44)(H,38,47)(H,39,46)(H4,32,33,35). The Kier molecular flexibility index (Phi) is 10.6. The minimum atomic E-state index is -0.404. The third-order valence-corrected chi connectivity index (χ3v) is 7.37. The van der Waals surface area contributed by atoms with E-state index in [1.165, 1.54) is 0 Å². The molecule has 0 radical (unpaired) electrons. The van der Waals surface area contributed by atoms with Crippen LogP contribution in [0.25, 0.3) is 0 Å². The van der Waals surface area contributed by atoms with E-state index in [2.05, 4.69) is 54.1 Å². The van der Waals surface area contributed by atoms with Crippen LogP contribution in [0.2, 0.25) is 0 Å². The van der Waals surface area contributed by atoms with Gasteiger partial charge in [0.05, 0.1) is 40.3 Å². The molecule has 0 aliphatic heterocycles. The molecule has 0 atom stereocenters. The number of carbonyl (C=O) groups is 4. The second-order valence-corrected chi connectivity index (χ2v) is 11.6. The Labute approximate surface area is 279 Å². The summed E-state index contributed by atoms with van der Waals surface area (Å²) < 4.78 is 6.97. The zero-order valence-electron chi connectivity index (χ0n) is 26.3. The number of rotatable bonds is 13. The number of anilines is 4. The minimum absolute atomic E-state index is 0.0521. The number of halogens is 1. The molecule has 0 aliphatic carbocycles. The van der Waals surface area contributed by atoms with Gasteiger partial charge >= 0.3 is 0 Å². The fourth-order valence-corrected chi connectivity index (χ4v) is 4.78. The minimum Gasteiger partial charge on any atom is -0.378 e. The van der Waals surface area contributed by atoms with Crippen molar-refractivity contribution in [1.82, 2.24) is 23.6 Å². The Morgan fingerprint density at radius 1 is 0.723 bits per heavy atom. The van der Waals surface area contributed by atoms with Gasteiger partial charge in [-0.2, -0.15) is 0 Å². The largest absolute Gasteiger partial charge is 0.378 e. The number of guanidine groups is 1. The molecule has 4 aromatic rings. The van der Waals surface area contributed by atoms with Crippen LogP contribution in [0.15, 0.2) is 65.1 Å².